The second kappa shape index (κ2) is 10.4. The summed E-state index contributed by atoms with van der Waals surface area (Å²) in [5, 5.41) is 3.78. The second-order valence-corrected chi connectivity index (χ2v) is 6.22. The summed E-state index contributed by atoms with van der Waals surface area (Å²) >= 11 is 0. The summed E-state index contributed by atoms with van der Waals surface area (Å²) in [5.41, 5.74) is 1.53. The number of methoxy groups -OCH3 is 2. The van der Waals surface area contributed by atoms with Crippen LogP contribution in [0.1, 0.15) is 5.56 Å². The van der Waals surface area contributed by atoms with Crippen LogP contribution < -0.4 is 14.8 Å². The van der Waals surface area contributed by atoms with E-state index >= 15 is 0 Å². The number of benzene rings is 2. The van der Waals surface area contributed by atoms with Crippen LogP contribution in [0.15, 0.2) is 36.7 Å². The zero-order valence-corrected chi connectivity index (χ0v) is 16.8. The number of hydrogen-bond acceptors (Lipinski definition) is 7. The van der Waals surface area contributed by atoms with Crippen molar-refractivity contribution in [3.63, 3.8) is 0 Å². The van der Waals surface area contributed by atoms with E-state index in [4.69, 9.17) is 25.4 Å². The molecule has 3 rings (SSSR count). The smallest absolute Gasteiger partial charge is 0.163 e. The van der Waals surface area contributed by atoms with Crippen LogP contribution in [0, 0.1) is 18.2 Å². The number of fused-ring (bicyclic) bond motifs is 1. The Morgan fingerprint density at radius 3 is 2.30 bits per heavy atom. The molecule has 0 radical (unpaired) electrons. The predicted molar refractivity (Wildman–Crippen MR) is 112 cm³/mol. The van der Waals surface area contributed by atoms with Crippen molar-refractivity contribution in [1.29, 1.82) is 0 Å². The lowest BCUT2D eigenvalue weighted by Crippen LogP contribution is -2.09. The highest BCUT2D eigenvalue weighted by Crippen LogP contribution is 2.35. The molecule has 0 unspecified atom stereocenters. The monoisotopic (exact) mass is 411 g/mol. The molecule has 0 bridgehead atoms. The van der Waals surface area contributed by atoms with Gasteiger partial charge in [-0.1, -0.05) is 5.92 Å². The van der Waals surface area contributed by atoms with Gasteiger partial charge in [0.1, 0.15) is 31.2 Å². The van der Waals surface area contributed by atoms with E-state index in [1.54, 1.807) is 32.4 Å². The molecular formula is C22H22FN3O4. The molecule has 0 aliphatic heterocycles. The molecule has 0 saturated carbocycles. The molecule has 0 amide bonds. The van der Waals surface area contributed by atoms with Gasteiger partial charge in [-0.05, 0) is 24.3 Å². The average Bonchev–Trinajstić information content (AvgIpc) is 2.74. The molecule has 1 N–H and O–H groups in total. The largest absolute Gasteiger partial charge is 0.487 e. The quantitative estimate of drug-likeness (QED) is 0.404. The van der Waals surface area contributed by atoms with E-state index in [0.717, 1.165) is 0 Å². The van der Waals surface area contributed by atoms with Crippen molar-refractivity contribution in [3.8, 4) is 23.8 Å². The van der Waals surface area contributed by atoms with Gasteiger partial charge in [-0.15, -0.1) is 6.42 Å². The third kappa shape index (κ3) is 5.35. The van der Waals surface area contributed by atoms with Crippen molar-refractivity contribution in [2.45, 2.75) is 0 Å². The van der Waals surface area contributed by atoms with E-state index in [1.165, 1.54) is 18.5 Å². The lowest BCUT2D eigenvalue weighted by Gasteiger charge is -2.15. The van der Waals surface area contributed by atoms with Crippen molar-refractivity contribution >= 4 is 22.4 Å². The number of rotatable bonds is 10. The first-order valence-electron chi connectivity index (χ1n) is 9.21. The number of terminal acetylenes is 1. The zero-order valence-electron chi connectivity index (χ0n) is 16.8. The summed E-state index contributed by atoms with van der Waals surface area (Å²) in [6.07, 6.45) is 6.81. The first-order chi connectivity index (χ1) is 14.6. The molecule has 0 saturated heterocycles. The Hall–Kier alpha value is -3.41. The van der Waals surface area contributed by atoms with Gasteiger partial charge in [0.2, 0.25) is 0 Å². The Balaban J connectivity index is 1.98. The molecule has 8 heteroatoms. The summed E-state index contributed by atoms with van der Waals surface area (Å²) in [6.45, 7) is 1.55. The topological polar surface area (TPSA) is 74.7 Å². The van der Waals surface area contributed by atoms with Crippen molar-refractivity contribution in [2.24, 2.45) is 0 Å². The number of halogens is 1. The molecular weight excluding hydrogens is 389 g/mol. The maximum atomic E-state index is 13.8. The highest BCUT2D eigenvalue weighted by molar-refractivity contribution is 5.93. The van der Waals surface area contributed by atoms with Crippen LogP contribution in [0.3, 0.4) is 0 Å². The fraction of sp³-hybridized carbons (Fsp3) is 0.273. The molecule has 0 spiro atoms. The van der Waals surface area contributed by atoms with Gasteiger partial charge in [-0.2, -0.15) is 0 Å². The van der Waals surface area contributed by atoms with Crippen LogP contribution in [0.5, 0.6) is 11.5 Å². The minimum atomic E-state index is -0.441. The number of anilines is 2. The molecule has 0 atom stereocenters. The third-order valence-electron chi connectivity index (χ3n) is 4.12. The van der Waals surface area contributed by atoms with Gasteiger partial charge in [0, 0.05) is 36.9 Å². The fourth-order valence-electron chi connectivity index (χ4n) is 2.74. The molecule has 1 heterocycles. The highest BCUT2D eigenvalue weighted by Gasteiger charge is 2.13. The van der Waals surface area contributed by atoms with E-state index in [0.29, 0.717) is 65.9 Å². The van der Waals surface area contributed by atoms with Crippen molar-refractivity contribution in [3.05, 3.63) is 48.0 Å². The minimum absolute atomic E-state index is 0.342. The Bertz CT molecular complexity index is 1050. The Kier molecular flexibility index (Phi) is 7.38. The summed E-state index contributed by atoms with van der Waals surface area (Å²) in [7, 11) is 3.20. The Morgan fingerprint density at radius 1 is 0.933 bits per heavy atom. The summed E-state index contributed by atoms with van der Waals surface area (Å²) in [4.78, 5) is 8.60. The molecule has 3 aromatic rings. The van der Waals surface area contributed by atoms with Gasteiger partial charge in [-0.3, -0.25) is 0 Å². The van der Waals surface area contributed by atoms with Crippen LogP contribution in [0.4, 0.5) is 15.9 Å². The van der Waals surface area contributed by atoms with E-state index in [2.05, 4.69) is 21.2 Å². The average molecular weight is 411 g/mol. The normalized spacial score (nSPS) is 10.6. The van der Waals surface area contributed by atoms with E-state index < -0.39 is 5.82 Å². The van der Waals surface area contributed by atoms with Gasteiger partial charge in [-0.25, -0.2) is 14.4 Å². The number of nitrogens with zero attached hydrogens (tertiary/aromatic N) is 2. The van der Waals surface area contributed by atoms with Gasteiger partial charge < -0.3 is 24.3 Å². The van der Waals surface area contributed by atoms with E-state index in [-0.39, 0.29) is 0 Å². The van der Waals surface area contributed by atoms with Crippen LogP contribution in [-0.4, -0.2) is 50.6 Å². The fourth-order valence-corrected chi connectivity index (χ4v) is 2.74. The number of ether oxygens (including phenoxy) is 4. The Morgan fingerprint density at radius 2 is 1.63 bits per heavy atom. The molecule has 0 fully saturated rings. The second-order valence-electron chi connectivity index (χ2n) is 6.22. The van der Waals surface area contributed by atoms with Gasteiger partial charge in [0.05, 0.1) is 18.7 Å². The minimum Gasteiger partial charge on any atom is -0.487 e. The van der Waals surface area contributed by atoms with Gasteiger partial charge in [0.25, 0.3) is 0 Å². The van der Waals surface area contributed by atoms with Crippen molar-refractivity contribution in [2.75, 3.05) is 46.0 Å². The molecule has 0 aliphatic rings. The maximum absolute atomic E-state index is 13.8. The van der Waals surface area contributed by atoms with Crippen LogP contribution >= 0.6 is 0 Å². The molecule has 1 aromatic heterocycles. The van der Waals surface area contributed by atoms with Crippen molar-refractivity contribution < 1.29 is 23.3 Å². The third-order valence-corrected chi connectivity index (χ3v) is 4.12. The maximum Gasteiger partial charge on any atom is 0.163 e. The highest BCUT2D eigenvalue weighted by atomic mass is 19.1. The molecule has 7 nitrogen and oxygen atoms in total. The number of nitrogens with one attached hydrogen (secondary N) is 1. The van der Waals surface area contributed by atoms with Gasteiger partial charge in [0.15, 0.2) is 11.5 Å². The SMILES string of the molecule is C#Cc1cc(F)cc(Nc2ncnc3cc(OCCOC)c(OCCOC)cc23)c1. The summed E-state index contributed by atoms with van der Waals surface area (Å²) < 4.78 is 35.5. The number of hydrogen-bond donors (Lipinski definition) is 1. The van der Waals surface area contributed by atoms with Crippen LogP contribution in [0.2, 0.25) is 0 Å². The first-order valence-corrected chi connectivity index (χ1v) is 9.21. The van der Waals surface area contributed by atoms with E-state index in [9.17, 15) is 4.39 Å². The molecule has 156 valence electrons. The number of aromatic nitrogens is 2. The molecule has 30 heavy (non-hydrogen) atoms. The molecule has 0 aliphatic carbocycles. The Labute approximate surface area is 174 Å². The first kappa shape index (κ1) is 21.3. The summed E-state index contributed by atoms with van der Waals surface area (Å²) in [5.74, 6) is 3.51. The van der Waals surface area contributed by atoms with E-state index in [1.807, 2.05) is 0 Å². The van der Waals surface area contributed by atoms with Crippen molar-refractivity contribution in [1.82, 2.24) is 9.97 Å². The standard InChI is InChI=1S/C22H22FN3O4/c1-4-15-9-16(23)11-17(10-15)26-22-18-12-20(29-7-5-27-2)21(30-8-6-28-3)13-19(18)24-14-25-22/h1,9-14H,5-8H2,2-3H3,(H,24,25,26). The van der Waals surface area contributed by atoms with Crippen LogP contribution in [0.25, 0.3) is 10.9 Å². The lowest BCUT2D eigenvalue weighted by molar-refractivity contribution is 0.132. The zero-order chi connectivity index (χ0) is 21.3. The lowest BCUT2D eigenvalue weighted by atomic mass is 10.1. The van der Waals surface area contributed by atoms with Crippen LogP contribution in [-0.2, 0) is 9.47 Å². The predicted octanol–water partition coefficient (Wildman–Crippen LogP) is 3.54. The summed E-state index contributed by atoms with van der Waals surface area (Å²) in [6, 6.07) is 7.83. The molecule has 2 aromatic carbocycles. The van der Waals surface area contributed by atoms with Gasteiger partial charge >= 0.3 is 0 Å².